The molecule has 1 aromatic rings. The van der Waals surface area contributed by atoms with Gasteiger partial charge in [-0.2, -0.15) is 4.73 Å². The molecule has 0 amide bonds. The van der Waals surface area contributed by atoms with Crippen molar-refractivity contribution in [3.63, 3.8) is 0 Å². The van der Waals surface area contributed by atoms with Crippen LogP contribution in [0.25, 0.3) is 0 Å². The van der Waals surface area contributed by atoms with Crippen molar-refractivity contribution in [2.24, 2.45) is 0 Å². The number of aromatic nitrogens is 1. The predicted molar refractivity (Wildman–Crippen MR) is 40.8 cm³/mol. The van der Waals surface area contributed by atoms with E-state index >= 15 is 0 Å². The van der Waals surface area contributed by atoms with Crippen LogP contribution in [-0.2, 0) is 27.7 Å². The zero-order chi connectivity index (χ0) is 6.85. The predicted octanol–water partition coefficient (Wildman–Crippen LogP) is -4.15. The minimum Gasteiger partial charge on any atom is -1.00 e. The molecule has 1 heterocycles. The van der Waals surface area contributed by atoms with E-state index < -0.39 is 0 Å². The normalized spacial score (nSPS) is 7.17. The molecule has 7 heteroatoms. The molecule has 0 aliphatic rings. The second kappa shape index (κ2) is 9.00. The first kappa shape index (κ1) is 19.1. The summed E-state index contributed by atoms with van der Waals surface area (Å²) < 4.78 is 2.27. The molecule has 0 fully saturated rings. The standard InChI is InChI=1S/C5H3Br2NO.2ClH.Hg/c6-4-1-5(7)3-8(9)2-4;;;/h1-3H;2*1H;/q;;;+2/p-2. The summed E-state index contributed by atoms with van der Waals surface area (Å²) in [6.45, 7) is 0. The van der Waals surface area contributed by atoms with Gasteiger partial charge in [0.1, 0.15) is 0 Å². The Balaban J connectivity index is -0.000000270. The monoisotopic (exact) mass is 523 g/mol. The fourth-order valence-corrected chi connectivity index (χ4v) is 1.69. The van der Waals surface area contributed by atoms with Crippen molar-refractivity contribution in [1.82, 2.24) is 0 Å². The summed E-state index contributed by atoms with van der Waals surface area (Å²) in [6.07, 6.45) is 2.87. The molecule has 0 aliphatic heterocycles. The third kappa shape index (κ3) is 6.89. The van der Waals surface area contributed by atoms with Gasteiger partial charge in [-0.25, -0.2) is 0 Å². The van der Waals surface area contributed by atoms with Gasteiger partial charge >= 0.3 is 27.7 Å². The Kier molecular flexibility index (Phi) is 14.3. The molecule has 1 rings (SSSR count). The van der Waals surface area contributed by atoms with E-state index in [1.165, 1.54) is 12.4 Å². The minimum atomic E-state index is 0. The maximum absolute atomic E-state index is 10.6. The Hall–Kier alpha value is 1.43. The summed E-state index contributed by atoms with van der Waals surface area (Å²) in [5, 5.41) is 10.6. The smallest absolute Gasteiger partial charge is 1.00 e. The van der Waals surface area contributed by atoms with E-state index in [-0.39, 0.29) is 52.5 Å². The molecule has 0 spiro atoms. The second-order valence-corrected chi connectivity index (χ2v) is 3.36. The molecule has 0 aromatic carbocycles. The largest absolute Gasteiger partial charge is 2.00 e. The van der Waals surface area contributed by atoms with Crippen LogP contribution in [0, 0.1) is 5.21 Å². The van der Waals surface area contributed by atoms with E-state index in [4.69, 9.17) is 0 Å². The average Bonchev–Trinajstić information content (AvgIpc) is 1.59. The Bertz CT molecular complexity index is 188. The quantitative estimate of drug-likeness (QED) is 0.193. The molecule has 12 heavy (non-hydrogen) atoms. The van der Waals surface area contributed by atoms with Gasteiger partial charge in [0.15, 0.2) is 12.4 Å². The molecule has 0 atom stereocenters. The number of pyridine rings is 1. The van der Waals surface area contributed by atoms with Crippen LogP contribution in [0.5, 0.6) is 0 Å². The third-order valence-electron chi connectivity index (χ3n) is 0.777. The van der Waals surface area contributed by atoms with E-state index in [0.29, 0.717) is 0 Å². The summed E-state index contributed by atoms with van der Waals surface area (Å²) in [5.41, 5.74) is 0. The number of hydrogen-bond acceptors (Lipinski definition) is 1. The molecule has 0 saturated heterocycles. The van der Waals surface area contributed by atoms with E-state index in [1.807, 2.05) is 0 Å². The van der Waals surface area contributed by atoms with E-state index in [9.17, 15) is 5.21 Å². The van der Waals surface area contributed by atoms with Gasteiger partial charge in [-0.1, -0.05) is 0 Å². The number of nitrogens with zero attached hydrogens (tertiary/aromatic N) is 1. The maximum Gasteiger partial charge on any atom is 2.00 e. The molecule has 0 saturated carbocycles. The molecule has 0 radical (unpaired) electrons. The summed E-state index contributed by atoms with van der Waals surface area (Å²) in [7, 11) is 0. The van der Waals surface area contributed by atoms with Crippen LogP contribution in [0.15, 0.2) is 27.4 Å². The van der Waals surface area contributed by atoms with Crippen molar-refractivity contribution >= 4 is 31.9 Å². The molecule has 0 bridgehead atoms. The van der Waals surface area contributed by atoms with Crippen molar-refractivity contribution < 1.29 is 57.2 Å². The first-order valence-electron chi connectivity index (χ1n) is 2.23. The summed E-state index contributed by atoms with van der Waals surface area (Å²) in [6, 6.07) is 1.80. The van der Waals surface area contributed by atoms with Gasteiger partial charge < -0.3 is 30.0 Å². The van der Waals surface area contributed by atoms with Gasteiger partial charge in [-0.05, 0) is 37.9 Å². The van der Waals surface area contributed by atoms with Crippen molar-refractivity contribution in [3.05, 3.63) is 32.6 Å². The van der Waals surface area contributed by atoms with Crippen molar-refractivity contribution in [2.45, 2.75) is 0 Å². The van der Waals surface area contributed by atoms with Gasteiger partial charge in [-0.15, -0.1) is 0 Å². The minimum absolute atomic E-state index is 0. The van der Waals surface area contributed by atoms with Crippen molar-refractivity contribution in [1.29, 1.82) is 0 Å². The molecular weight excluding hydrogens is 521 g/mol. The van der Waals surface area contributed by atoms with Crippen LogP contribution in [0.4, 0.5) is 0 Å². The van der Waals surface area contributed by atoms with Crippen molar-refractivity contribution in [3.8, 4) is 0 Å². The zero-order valence-electron chi connectivity index (χ0n) is 5.81. The number of rotatable bonds is 0. The number of hydrogen-bond donors (Lipinski definition) is 0. The first-order valence-corrected chi connectivity index (χ1v) is 3.82. The van der Waals surface area contributed by atoms with Crippen LogP contribution in [0.3, 0.4) is 0 Å². The SMILES string of the molecule is [Cl-].[Cl-].[Hg+2].[O-][n+]1cc(Br)cc(Br)c1. The molecule has 0 N–H and O–H groups in total. The van der Waals surface area contributed by atoms with E-state index in [2.05, 4.69) is 31.9 Å². The van der Waals surface area contributed by atoms with Crippen LogP contribution in [0.2, 0.25) is 0 Å². The van der Waals surface area contributed by atoms with Gasteiger partial charge in [0.25, 0.3) is 0 Å². The van der Waals surface area contributed by atoms with E-state index in [0.717, 1.165) is 13.7 Å². The van der Waals surface area contributed by atoms with Crippen molar-refractivity contribution in [2.75, 3.05) is 0 Å². The molecular formula is C5H3Br2Cl2HgNO. The first-order chi connectivity index (χ1) is 4.18. The van der Waals surface area contributed by atoms with Gasteiger partial charge in [0.05, 0.1) is 8.95 Å². The molecule has 64 valence electrons. The molecule has 2 nitrogen and oxygen atoms in total. The Labute approximate surface area is 120 Å². The topological polar surface area (TPSA) is 26.9 Å². The molecule has 1 aromatic heterocycles. The molecule has 0 unspecified atom stereocenters. The van der Waals surface area contributed by atoms with Crippen LogP contribution in [-0.4, -0.2) is 0 Å². The summed E-state index contributed by atoms with van der Waals surface area (Å²) in [4.78, 5) is 0. The fraction of sp³-hybridized carbons (Fsp3) is 0. The molecule has 0 aliphatic carbocycles. The summed E-state index contributed by atoms with van der Waals surface area (Å²) >= 11 is 6.32. The Morgan fingerprint density at radius 3 is 1.67 bits per heavy atom. The van der Waals surface area contributed by atoms with Crippen LogP contribution < -0.4 is 29.5 Å². The number of halogens is 4. The summed E-state index contributed by atoms with van der Waals surface area (Å²) in [5.74, 6) is 0. The van der Waals surface area contributed by atoms with Crippen LogP contribution in [0.1, 0.15) is 0 Å². The van der Waals surface area contributed by atoms with Gasteiger partial charge in [0.2, 0.25) is 0 Å². The fourth-order valence-electron chi connectivity index (χ4n) is 0.487. The van der Waals surface area contributed by atoms with Crippen LogP contribution >= 0.6 is 31.9 Å². The zero-order valence-corrected chi connectivity index (χ0v) is 16.0. The second-order valence-electron chi connectivity index (χ2n) is 1.53. The average molecular weight is 524 g/mol. The van der Waals surface area contributed by atoms with E-state index in [1.54, 1.807) is 6.07 Å². The van der Waals surface area contributed by atoms with Gasteiger partial charge in [-0.3, -0.25) is 0 Å². The maximum atomic E-state index is 10.6. The van der Waals surface area contributed by atoms with Gasteiger partial charge in [0, 0.05) is 0 Å². The Morgan fingerprint density at radius 2 is 1.42 bits per heavy atom. The Morgan fingerprint density at radius 1 is 1.08 bits per heavy atom. The third-order valence-corrected chi connectivity index (χ3v) is 1.64.